The maximum absolute atomic E-state index is 11.1. The molecule has 2 atom stereocenters. The molecule has 0 saturated carbocycles. The summed E-state index contributed by atoms with van der Waals surface area (Å²) < 4.78 is 5.67. The van der Waals surface area contributed by atoms with Crippen LogP contribution in [0.3, 0.4) is 0 Å². The average Bonchev–Trinajstić information content (AvgIpc) is 2.33. The lowest BCUT2D eigenvalue weighted by molar-refractivity contribution is -0.145. The molecule has 0 aromatic carbocycles. The Morgan fingerprint density at radius 2 is 1.94 bits per heavy atom. The van der Waals surface area contributed by atoms with Gasteiger partial charge in [0.05, 0.1) is 6.10 Å². The van der Waals surface area contributed by atoms with E-state index in [0.717, 1.165) is 13.0 Å². The number of likely N-dealkylation sites (N-methyl/N-ethyl adjacent to an activating group) is 1. The van der Waals surface area contributed by atoms with Crippen LogP contribution in [0.25, 0.3) is 0 Å². The molecule has 4 nitrogen and oxygen atoms in total. The summed E-state index contributed by atoms with van der Waals surface area (Å²) in [5.41, 5.74) is -0.901. The molecule has 0 radical (unpaired) electrons. The normalized spacial score (nSPS) is 16.2. The molecule has 0 aliphatic heterocycles. The number of carbonyl (C=O) groups is 1. The molecule has 2 N–H and O–H groups in total. The number of aliphatic carboxylic acids is 1. The van der Waals surface area contributed by atoms with Crippen molar-refractivity contribution < 1.29 is 14.6 Å². The maximum atomic E-state index is 11.1. The quantitative estimate of drug-likeness (QED) is 0.560. The zero-order valence-corrected chi connectivity index (χ0v) is 12.3. The third-order valence-corrected chi connectivity index (χ3v) is 3.37. The summed E-state index contributed by atoms with van der Waals surface area (Å²) in [6.45, 7) is 6.55. The average molecular weight is 259 g/mol. The molecule has 0 aromatic heterocycles. The van der Waals surface area contributed by atoms with Crippen molar-refractivity contribution in [1.82, 2.24) is 5.32 Å². The largest absolute Gasteiger partial charge is 0.480 e. The van der Waals surface area contributed by atoms with E-state index >= 15 is 0 Å². The fraction of sp³-hybridized carbons (Fsp3) is 0.929. The predicted molar refractivity (Wildman–Crippen MR) is 73.9 cm³/mol. The Morgan fingerprint density at radius 1 is 1.33 bits per heavy atom. The van der Waals surface area contributed by atoms with Gasteiger partial charge in [-0.2, -0.15) is 0 Å². The van der Waals surface area contributed by atoms with Crippen molar-refractivity contribution >= 4 is 5.97 Å². The first-order valence-corrected chi connectivity index (χ1v) is 7.00. The van der Waals surface area contributed by atoms with Crippen molar-refractivity contribution in [2.75, 3.05) is 13.7 Å². The minimum atomic E-state index is -0.901. The zero-order valence-electron chi connectivity index (χ0n) is 12.3. The lowest BCUT2D eigenvalue weighted by atomic mass is 9.95. The highest BCUT2D eigenvalue weighted by molar-refractivity contribution is 5.78. The molecule has 0 rings (SSSR count). The van der Waals surface area contributed by atoms with Gasteiger partial charge < -0.3 is 15.2 Å². The number of nitrogens with one attached hydrogen (secondary N) is 1. The van der Waals surface area contributed by atoms with Crippen molar-refractivity contribution in [3.05, 3.63) is 0 Å². The number of carboxylic acids is 1. The van der Waals surface area contributed by atoms with Crippen LogP contribution in [-0.2, 0) is 9.53 Å². The van der Waals surface area contributed by atoms with Gasteiger partial charge >= 0.3 is 5.97 Å². The Balaban J connectivity index is 3.76. The van der Waals surface area contributed by atoms with Gasteiger partial charge in [0.25, 0.3) is 0 Å². The molecule has 0 aliphatic carbocycles. The zero-order chi connectivity index (χ0) is 14.0. The number of hydrogen-bond acceptors (Lipinski definition) is 3. The van der Waals surface area contributed by atoms with E-state index in [2.05, 4.69) is 12.2 Å². The predicted octanol–water partition coefficient (Wildman–Crippen LogP) is 2.81. The van der Waals surface area contributed by atoms with E-state index in [4.69, 9.17) is 9.84 Å². The topological polar surface area (TPSA) is 58.6 Å². The third kappa shape index (κ3) is 6.97. The van der Waals surface area contributed by atoms with E-state index in [9.17, 15) is 4.79 Å². The highest BCUT2D eigenvalue weighted by Crippen LogP contribution is 2.15. The second kappa shape index (κ2) is 9.34. The number of unbranched alkanes of at least 4 members (excludes halogenated alkanes) is 4. The van der Waals surface area contributed by atoms with Gasteiger partial charge in [0.2, 0.25) is 0 Å². The van der Waals surface area contributed by atoms with Crippen LogP contribution in [0.5, 0.6) is 0 Å². The number of hydrogen-bond donors (Lipinski definition) is 2. The third-order valence-electron chi connectivity index (χ3n) is 3.37. The summed E-state index contributed by atoms with van der Waals surface area (Å²) >= 11 is 0. The summed E-state index contributed by atoms with van der Waals surface area (Å²) in [4.78, 5) is 11.1. The van der Waals surface area contributed by atoms with Gasteiger partial charge in [-0.25, -0.2) is 0 Å². The van der Waals surface area contributed by atoms with Crippen molar-refractivity contribution in [2.24, 2.45) is 0 Å². The van der Waals surface area contributed by atoms with Gasteiger partial charge in [0.15, 0.2) is 0 Å². The van der Waals surface area contributed by atoms with Crippen LogP contribution < -0.4 is 5.32 Å². The van der Waals surface area contributed by atoms with Crippen LogP contribution in [0.15, 0.2) is 0 Å². The van der Waals surface area contributed by atoms with Crippen LogP contribution >= 0.6 is 0 Å². The molecular weight excluding hydrogens is 230 g/mol. The number of ether oxygens (including phenoxy) is 1. The van der Waals surface area contributed by atoms with Gasteiger partial charge in [-0.15, -0.1) is 0 Å². The summed E-state index contributed by atoms with van der Waals surface area (Å²) in [5.74, 6) is -0.830. The summed E-state index contributed by atoms with van der Waals surface area (Å²) in [5, 5.41) is 12.0. The van der Waals surface area contributed by atoms with Gasteiger partial charge in [-0.3, -0.25) is 4.79 Å². The number of carboxylic acid groups (broad SMARTS) is 1. The standard InChI is InChI=1S/C14H29NO3/c1-5-6-7-8-9-10-18-12(2)11-14(3,15-4)13(16)17/h12,15H,5-11H2,1-4H3,(H,16,17). The van der Waals surface area contributed by atoms with Gasteiger partial charge in [0, 0.05) is 13.0 Å². The molecule has 0 bridgehead atoms. The molecule has 0 amide bonds. The molecule has 18 heavy (non-hydrogen) atoms. The van der Waals surface area contributed by atoms with Gasteiger partial charge in [-0.1, -0.05) is 32.6 Å². The van der Waals surface area contributed by atoms with Crippen molar-refractivity contribution in [3.8, 4) is 0 Å². The number of rotatable bonds is 11. The Kier molecular flexibility index (Phi) is 9.02. The van der Waals surface area contributed by atoms with Gasteiger partial charge in [-0.05, 0) is 27.3 Å². The molecule has 0 aliphatic rings. The van der Waals surface area contributed by atoms with Crippen LogP contribution in [0.4, 0.5) is 0 Å². The molecule has 0 saturated heterocycles. The van der Waals surface area contributed by atoms with E-state index < -0.39 is 11.5 Å². The van der Waals surface area contributed by atoms with Crippen LogP contribution in [-0.4, -0.2) is 36.4 Å². The van der Waals surface area contributed by atoms with Crippen LogP contribution in [0.1, 0.15) is 59.3 Å². The Bertz CT molecular complexity index is 233. The van der Waals surface area contributed by atoms with E-state index in [0.29, 0.717) is 6.42 Å². The Morgan fingerprint density at radius 3 is 2.44 bits per heavy atom. The molecule has 0 aromatic rings. The van der Waals surface area contributed by atoms with E-state index in [1.165, 1.54) is 25.7 Å². The first-order chi connectivity index (χ1) is 8.46. The maximum Gasteiger partial charge on any atom is 0.323 e. The van der Waals surface area contributed by atoms with Crippen LogP contribution in [0.2, 0.25) is 0 Å². The first-order valence-electron chi connectivity index (χ1n) is 7.00. The molecule has 0 spiro atoms. The highest BCUT2D eigenvalue weighted by atomic mass is 16.5. The monoisotopic (exact) mass is 259 g/mol. The van der Waals surface area contributed by atoms with E-state index in [1.54, 1.807) is 14.0 Å². The fourth-order valence-electron chi connectivity index (χ4n) is 1.92. The molecule has 108 valence electrons. The van der Waals surface area contributed by atoms with Crippen molar-refractivity contribution in [1.29, 1.82) is 0 Å². The minimum Gasteiger partial charge on any atom is -0.480 e. The summed E-state index contributed by atoms with van der Waals surface area (Å²) in [6.07, 6.45) is 6.50. The fourth-order valence-corrected chi connectivity index (χ4v) is 1.92. The second-order valence-corrected chi connectivity index (χ2v) is 5.19. The van der Waals surface area contributed by atoms with E-state index in [1.807, 2.05) is 6.92 Å². The van der Waals surface area contributed by atoms with Crippen molar-refractivity contribution in [3.63, 3.8) is 0 Å². The Hall–Kier alpha value is -0.610. The summed E-state index contributed by atoms with van der Waals surface area (Å²) in [7, 11) is 1.67. The smallest absolute Gasteiger partial charge is 0.323 e. The highest BCUT2D eigenvalue weighted by Gasteiger charge is 2.33. The first kappa shape index (κ1) is 17.4. The van der Waals surface area contributed by atoms with E-state index in [-0.39, 0.29) is 6.10 Å². The molecule has 4 heteroatoms. The Labute approximate surface area is 111 Å². The lowest BCUT2D eigenvalue weighted by Gasteiger charge is -2.27. The van der Waals surface area contributed by atoms with Crippen molar-refractivity contribution in [2.45, 2.75) is 70.9 Å². The van der Waals surface area contributed by atoms with Gasteiger partial charge in [0.1, 0.15) is 5.54 Å². The molecule has 0 heterocycles. The SMILES string of the molecule is CCCCCCCOC(C)CC(C)(NC)C(=O)O. The van der Waals surface area contributed by atoms with Crippen LogP contribution in [0, 0.1) is 0 Å². The lowest BCUT2D eigenvalue weighted by Crippen LogP contribution is -2.49. The molecule has 2 unspecified atom stereocenters. The summed E-state index contributed by atoms with van der Waals surface area (Å²) in [6, 6.07) is 0. The molecule has 0 fully saturated rings. The minimum absolute atomic E-state index is 0.0373. The molecular formula is C14H29NO3. The second-order valence-electron chi connectivity index (χ2n) is 5.19.